The van der Waals surface area contributed by atoms with Crippen molar-refractivity contribution in [2.75, 3.05) is 13.7 Å². The highest BCUT2D eigenvalue weighted by atomic mass is 32.1. The fourth-order valence-corrected chi connectivity index (χ4v) is 3.17. The molecule has 3 rings (SSSR count). The van der Waals surface area contributed by atoms with Crippen molar-refractivity contribution in [1.29, 1.82) is 0 Å². The molecule has 138 valence electrons. The molecule has 0 aromatic heterocycles. The SMILES string of the molecule is COc1ccc([C@H](NC(=S)NCCc2ccccc2)c2ccccc2)cc1. The molecule has 3 aromatic carbocycles. The van der Waals surface area contributed by atoms with E-state index in [1.54, 1.807) is 7.11 Å². The van der Waals surface area contributed by atoms with Crippen molar-refractivity contribution in [3.8, 4) is 5.75 Å². The van der Waals surface area contributed by atoms with Crippen molar-refractivity contribution in [2.45, 2.75) is 12.5 Å². The summed E-state index contributed by atoms with van der Waals surface area (Å²) < 4.78 is 5.27. The molecule has 27 heavy (non-hydrogen) atoms. The second-order valence-corrected chi connectivity index (χ2v) is 6.66. The Balaban J connectivity index is 1.66. The summed E-state index contributed by atoms with van der Waals surface area (Å²) in [4.78, 5) is 0. The van der Waals surface area contributed by atoms with Crippen LogP contribution in [0.1, 0.15) is 22.7 Å². The molecule has 0 bridgehead atoms. The molecule has 0 radical (unpaired) electrons. The first-order chi connectivity index (χ1) is 13.3. The first-order valence-corrected chi connectivity index (χ1v) is 9.44. The molecule has 2 N–H and O–H groups in total. The predicted molar refractivity (Wildman–Crippen MR) is 115 cm³/mol. The zero-order valence-electron chi connectivity index (χ0n) is 15.4. The van der Waals surface area contributed by atoms with Gasteiger partial charge in [0.2, 0.25) is 0 Å². The summed E-state index contributed by atoms with van der Waals surface area (Å²) in [6.45, 7) is 0.792. The van der Waals surface area contributed by atoms with Crippen molar-refractivity contribution < 1.29 is 4.74 Å². The first kappa shape index (κ1) is 18.9. The minimum absolute atomic E-state index is 0.0196. The fraction of sp³-hybridized carbons (Fsp3) is 0.174. The third kappa shape index (κ3) is 5.56. The summed E-state index contributed by atoms with van der Waals surface area (Å²) in [6, 6.07) is 28.8. The normalized spacial score (nSPS) is 11.4. The smallest absolute Gasteiger partial charge is 0.167 e. The van der Waals surface area contributed by atoms with Crippen LogP contribution in [0.15, 0.2) is 84.9 Å². The van der Waals surface area contributed by atoms with Crippen LogP contribution in [0.2, 0.25) is 0 Å². The van der Waals surface area contributed by atoms with Gasteiger partial charge in [-0.25, -0.2) is 0 Å². The minimum Gasteiger partial charge on any atom is -0.497 e. The highest BCUT2D eigenvalue weighted by molar-refractivity contribution is 7.80. The van der Waals surface area contributed by atoms with E-state index < -0.39 is 0 Å². The van der Waals surface area contributed by atoms with E-state index in [1.807, 2.05) is 36.4 Å². The quantitative estimate of drug-likeness (QED) is 0.595. The lowest BCUT2D eigenvalue weighted by Crippen LogP contribution is -2.39. The van der Waals surface area contributed by atoms with Crippen molar-refractivity contribution >= 4 is 17.3 Å². The topological polar surface area (TPSA) is 33.3 Å². The summed E-state index contributed by atoms with van der Waals surface area (Å²) in [5.74, 6) is 0.842. The molecule has 3 nitrogen and oxygen atoms in total. The Hall–Kier alpha value is -2.85. The summed E-state index contributed by atoms with van der Waals surface area (Å²) in [5.41, 5.74) is 3.59. The zero-order chi connectivity index (χ0) is 18.9. The number of rotatable bonds is 7. The van der Waals surface area contributed by atoms with Gasteiger partial charge in [0.1, 0.15) is 5.75 Å². The van der Waals surface area contributed by atoms with E-state index in [-0.39, 0.29) is 6.04 Å². The van der Waals surface area contributed by atoms with Gasteiger partial charge in [-0.2, -0.15) is 0 Å². The van der Waals surface area contributed by atoms with E-state index in [4.69, 9.17) is 17.0 Å². The number of ether oxygens (including phenoxy) is 1. The molecule has 0 unspecified atom stereocenters. The summed E-state index contributed by atoms with van der Waals surface area (Å²) in [7, 11) is 1.67. The van der Waals surface area contributed by atoms with Gasteiger partial charge in [-0.05, 0) is 47.5 Å². The van der Waals surface area contributed by atoms with E-state index >= 15 is 0 Å². The van der Waals surface area contributed by atoms with Crippen molar-refractivity contribution in [2.24, 2.45) is 0 Å². The second kappa shape index (κ2) is 9.74. The van der Waals surface area contributed by atoms with Crippen LogP contribution >= 0.6 is 12.2 Å². The third-order valence-corrected chi connectivity index (χ3v) is 4.66. The molecule has 0 saturated carbocycles. The van der Waals surface area contributed by atoms with E-state index in [2.05, 4.69) is 59.2 Å². The molecule has 0 aliphatic heterocycles. The molecule has 0 fully saturated rings. The van der Waals surface area contributed by atoms with Gasteiger partial charge >= 0.3 is 0 Å². The second-order valence-electron chi connectivity index (χ2n) is 6.25. The lowest BCUT2D eigenvalue weighted by molar-refractivity contribution is 0.414. The van der Waals surface area contributed by atoms with Gasteiger partial charge < -0.3 is 15.4 Å². The third-order valence-electron chi connectivity index (χ3n) is 4.40. The summed E-state index contributed by atoms with van der Waals surface area (Å²) in [6.07, 6.45) is 0.932. The molecule has 0 spiro atoms. The van der Waals surface area contributed by atoms with Gasteiger partial charge in [-0.1, -0.05) is 72.8 Å². The number of benzene rings is 3. The van der Waals surface area contributed by atoms with Crippen LogP contribution in [0.3, 0.4) is 0 Å². The number of hydrogen-bond donors (Lipinski definition) is 2. The molecule has 4 heteroatoms. The Morgan fingerprint density at radius 2 is 1.44 bits per heavy atom. The number of methoxy groups -OCH3 is 1. The highest BCUT2D eigenvalue weighted by Crippen LogP contribution is 2.24. The predicted octanol–water partition coefficient (Wildman–Crippen LogP) is 4.49. The summed E-state index contributed by atoms with van der Waals surface area (Å²) >= 11 is 5.55. The van der Waals surface area contributed by atoms with Crippen LogP contribution in [0.25, 0.3) is 0 Å². The van der Waals surface area contributed by atoms with Crippen LogP contribution in [-0.2, 0) is 6.42 Å². The van der Waals surface area contributed by atoms with E-state index in [1.165, 1.54) is 5.56 Å². The molecular weight excluding hydrogens is 352 g/mol. The molecule has 0 aliphatic carbocycles. The molecule has 0 amide bonds. The zero-order valence-corrected chi connectivity index (χ0v) is 16.2. The summed E-state index contributed by atoms with van der Waals surface area (Å²) in [5, 5.41) is 7.42. The van der Waals surface area contributed by atoms with Crippen molar-refractivity contribution in [1.82, 2.24) is 10.6 Å². The maximum absolute atomic E-state index is 5.55. The van der Waals surface area contributed by atoms with Crippen molar-refractivity contribution in [3.63, 3.8) is 0 Å². The maximum atomic E-state index is 5.55. The Labute approximate surface area is 166 Å². The van der Waals surface area contributed by atoms with Crippen LogP contribution in [-0.4, -0.2) is 18.8 Å². The van der Waals surface area contributed by atoms with E-state index in [0.717, 1.165) is 29.8 Å². The van der Waals surface area contributed by atoms with Gasteiger partial charge in [0.05, 0.1) is 13.2 Å². The molecule has 0 aliphatic rings. The largest absolute Gasteiger partial charge is 0.497 e. The van der Waals surface area contributed by atoms with Gasteiger partial charge in [0.15, 0.2) is 5.11 Å². The van der Waals surface area contributed by atoms with Crippen LogP contribution < -0.4 is 15.4 Å². The number of hydrogen-bond acceptors (Lipinski definition) is 2. The number of thiocarbonyl (C=S) groups is 1. The standard InChI is InChI=1S/C23H24N2OS/c1-26-21-14-12-20(13-15-21)22(19-10-6-3-7-11-19)25-23(27)24-17-16-18-8-4-2-5-9-18/h2-15,22H,16-17H2,1H3,(H2,24,25,27)/t22-/m1/s1. The van der Waals surface area contributed by atoms with Crippen molar-refractivity contribution in [3.05, 3.63) is 102 Å². The molecule has 1 atom stereocenters. The van der Waals surface area contributed by atoms with Gasteiger partial charge in [-0.3, -0.25) is 0 Å². The Bertz CT molecular complexity index is 835. The molecule has 0 heterocycles. The molecular formula is C23H24N2OS. The first-order valence-electron chi connectivity index (χ1n) is 9.03. The average molecular weight is 377 g/mol. The minimum atomic E-state index is -0.0196. The van der Waals surface area contributed by atoms with Gasteiger partial charge in [0.25, 0.3) is 0 Å². The van der Waals surface area contributed by atoms with Crippen LogP contribution in [0.4, 0.5) is 0 Å². The number of nitrogens with one attached hydrogen (secondary N) is 2. The molecule has 3 aromatic rings. The van der Waals surface area contributed by atoms with Crippen LogP contribution in [0.5, 0.6) is 5.75 Å². The van der Waals surface area contributed by atoms with Crippen LogP contribution in [0, 0.1) is 0 Å². The monoisotopic (exact) mass is 376 g/mol. The molecule has 0 saturated heterocycles. The van der Waals surface area contributed by atoms with Gasteiger partial charge in [0, 0.05) is 6.54 Å². The van der Waals surface area contributed by atoms with Gasteiger partial charge in [-0.15, -0.1) is 0 Å². The maximum Gasteiger partial charge on any atom is 0.167 e. The van der Waals surface area contributed by atoms with E-state index in [9.17, 15) is 0 Å². The Morgan fingerprint density at radius 3 is 2.07 bits per heavy atom. The van der Waals surface area contributed by atoms with E-state index in [0.29, 0.717) is 5.11 Å². The fourth-order valence-electron chi connectivity index (χ4n) is 2.95. The lowest BCUT2D eigenvalue weighted by Gasteiger charge is -2.22. The highest BCUT2D eigenvalue weighted by Gasteiger charge is 2.15. The average Bonchev–Trinajstić information content (AvgIpc) is 2.73. The Kier molecular flexibility index (Phi) is 6.83. The Morgan fingerprint density at radius 1 is 0.852 bits per heavy atom. The lowest BCUT2D eigenvalue weighted by atomic mass is 9.99.